The van der Waals surface area contributed by atoms with Crippen LogP contribution < -0.4 is 4.74 Å². The highest BCUT2D eigenvalue weighted by Crippen LogP contribution is 2.41. The van der Waals surface area contributed by atoms with Crippen molar-refractivity contribution in [2.24, 2.45) is 0 Å². The van der Waals surface area contributed by atoms with Crippen LogP contribution >= 0.6 is 23.2 Å². The molecular formula is C15H6Cl2F6N2O. The van der Waals surface area contributed by atoms with Gasteiger partial charge in [0.2, 0.25) is 0 Å². The van der Waals surface area contributed by atoms with Crippen molar-refractivity contribution in [1.82, 2.24) is 9.38 Å². The summed E-state index contributed by atoms with van der Waals surface area (Å²) in [6.45, 7) is -3.24. The van der Waals surface area contributed by atoms with Gasteiger partial charge in [-0.25, -0.2) is 9.37 Å². The molecule has 2 heterocycles. The minimum atomic E-state index is -4.75. The third-order valence-electron chi connectivity index (χ3n) is 3.42. The van der Waals surface area contributed by atoms with Gasteiger partial charge < -0.3 is 4.74 Å². The maximum atomic E-state index is 14.4. The van der Waals surface area contributed by atoms with Crippen LogP contribution in [-0.2, 0) is 6.18 Å². The van der Waals surface area contributed by atoms with Gasteiger partial charge in [0.25, 0.3) is 0 Å². The molecule has 3 nitrogen and oxygen atoms in total. The van der Waals surface area contributed by atoms with Gasteiger partial charge in [0, 0.05) is 23.5 Å². The number of hydrogen-bond acceptors (Lipinski definition) is 2. The average Bonchev–Trinajstić information content (AvgIpc) is 2.97. The molecule has 0 amide bonds. The molecule has 0 radical (unpaired) electrons. The Balaban J connectivity index is 2.30. The Morgan fingerprint density at radius 3 is 2.38 bits per heavy atom. The lowest BCUT2D eigenvalue weighted by Gasteiger charge is -2.15. The Morgan fingerprint density at radius 2 is 1.77 bits per heavy atom. The fourth-order valence-corrected chi connectivity index (χ4v) is 2.91. The largest absolute Gasteiger partial charge is 0.433 e. The summed E-state index contributed by atoms with van der Waals surface area (Å²) in [5, 5.41) is -0.908. The highest BCUT2D eigenvalue weighted by molar-refractivity contribution is 6.34. The predicted octanol–water partition coefficient (Wildman–Crippen LogP) is 6.07. The first kappa shape index (κ1) is 18.7. The highest BCUT2D eigenvalue weighted by atomic mass is 35.5. The summed E-state index contributed by atoms with van der Waals surface area (Å²) in [5.74, 6) is -1.55. The number of hydrogen-bond donors (Lipinski definition) is 0. The molecule has 0 fully saturated rings. The molecule has 0 spiro atoms. The summed E-state index contributed by atoms with van der Waals surface area (Å²) in [6.07, 6.45) is -2.67. The summed E-state index contributed by atoms with van der Waals surface area (Å²) < 4.78 is 83.6. The van der Waals surface area contributed by atoms with E-state index in [9.17, 15) is 26.3 Å². The van der Waals surface area contributed by atoms with Crippen molar-refractivity contribution >= 4 is 28.8 Å². The smallest absolute Gasteiger partial charge is 0.431 e. The lowest BCUT2D eigenvalue weighted by Crippen LogP contribution is -2.12. The number of alkyl halides is 5. The Bertz CT molecular complexity index is 986. The topological polar surface area (TPSA) is 26.5 Å². The van der Waals surface area contributed by atoms with Gasteiger partial charge in [-0.15, -0.1) is 0 Å². The van der Waals surface area contributed by atoms with Crippen LogP contribution in [0, 0.1) is 5.82 Å². The number of ether oxygens (including phenoxy) is 1. The molecule has 3 aromatic rings. The summed E-state index contributed by atoms with van der Waals surface area (Å²) in [4.78, 5) is 3.77. The number of halogens is 8. The maximum absolute atomic E-state index is 14.4. The molecule has 0 aliphatic carbocycles. The number of imidazole rings is 1. The van der Waals surface area contributed by atoms with Crippen LogP contribution in [-0.4, -0.2) is 16.0 Å². The minimum Gasteiger partial charge on any atom is -0.433 e. The van der Waals surface area contributed by atoms with Crippen LogP contribution in [0.25, 0.3) is 16.8 Å². The third-order valence-corrected chi connectivity index (χ3v) is 4.02. The fourth-order valence-electron chi connectivity index (χ4n) is 2.43. The number of fused-ring (bicyclic) bond motifs is 1. The molecule has 11 heteroatoms. The Kier molecular flexibility index (Phi) is 4.70. The molecule has 26 heavy (non-hydrogen) atoms. The van der Waals surface area contributed by atoms with Crippen molar-refractivity contribution < 1.29 is 31.1 Å². The lowest BCUT2D eigenvalue weighted by atomic mass is 10.0. The minimum absolute atomic E-state index is 0.224. The van der Waals surface area contributed by atoms with Crippen molar-refractivity contribution in [3.05, 3.63) is 52.1 Å². The normalized spacial score (nSPS) is 12.2. The van der Waals surface area contributed by atoms with E-state index in [4.69, 9.17) is 23.2 Å². The molecule has 1 aromatic carbocycles. The molecule has 3 rings (SSSR count). The number of benzene rings is 1. The van der Waals surface area contributed by atoms with Crippen LogP contribution in [0.3, 0.4) is 0 Å². The van der Waals surface area contributed by atoms with Crippen LogP contribution in [0.1, 0.15) is 5.69 Å². The summed E-state index contributed by atoms with van der Waals surface area (Å²) in [5.41, 5.74) is -2.05. The van der Waals surface area contributed by atoms with Crippen LogP contribution in [0.4, 0.5) is 26.3 Å². The van der Waals surface area contributed by atoms with Gasteiger partial charge in [-0.3, -0.25) is 4.40 Å². The molecule has 0 saturated heterocycles. The van der Waals surface area contributed by atoms with Crippen LogP contribution in [0.5, 0.6) is 5.75 Å². The van der Waals surface area contributed by atoms with Crippen molar-refractivity contribution in [1.29, 1.82) is 0 Å². The molecule has 2 aromatic heterocycles. The van der Waals surface area contributed by atoms with Gasteiger partial charge in [-0.05, 0) is 18.2 Å². The Labute approximate surface area is 151 Å². The molecule has 0 atom stereocenters. The van der Waals surface area contributed by atoms with Crippen molar-refractivity contribution in [2.45, 2.75) is 12.8 Å². The molecule has 0 saturated carbocycles. The first-order valence-corrected chi connectivity index (χ1v) is 7.52. The van der Waals surface area contributed by atoms with E-state index in [2.05, 4.69) is 9.72 Å². The SMILES string of the molecule is Fc1cc(Cl)c(OC(F)F)cc1-c1c(Cl)cc(C(F)(F)F)n2ccnc12. The van der Waals surface area contributed by atoms with E-state index in [1.165, 1.54) is 0 Å². The van der Waals surface area contributed by atoms with E-state index in [-0.39, 0.29) is 16.8 Å². The lowest BCUT2D eigenvalue weighted by molar-refractivity contribution is -0.142. The second kappa shape index (κ2) is 6.55. The molecule has 0 aliphatic heterocycles. The second-order valence-corrected chi connectivity index (χ2v) is 5.83. The van der Waals surface area contributed by atoms with E-state index in [1.54, 1.807) is 0 Å². The summed E-state index contributed by atoms with van der Waals surface area (Å²) in [7, 11) is 0. The standard InChI is InChI=1S/C15H6Cl2F6N2O/c16-7-4-9(18)6(3-10(7)26-14(19)20)12-8(17)5-11(15(21,22)23)25-2-1-24-13(12)25/h1-5,14H. The third kappa shape index (κ3) is 3.28. The van der Waals surface area contributed by atoms with E-state index >= 15 is 0 Å². The molecule has 138 valence electrons. The first-order valence-electron chi connectivity index (χ1n) is 6.76. The zero-order valence-corrected chi connectivity index (χ0v) is 13.8. The monoisotopic (exact) mass is 414 g/mol. The number of nitrogens with zero attached hydrogens (tertiary/aromatic N) is 2. The predicted molar refractivity (Wildman–Crippen MR) is 82.2 cm³/mol. The quantitative estimate of drug-likeness (QED) is 0.486. The number of aromatic nitrogens is 2. The maximum Gasteiger partial charge on any atom is 0.431 e. The van der Waals surface area contributed by atoms with E-state index < -0.39 is 40.1 Å². The van der Waals surface area contributed by atoms with E-state index in [0.717, 1.165) is 18.5 Å². The summed E-state index contributed by atoms with van der Waals surface area (Å²) in [6, 6.07) is 2.11. The molecule has 0 aliphatic rings. The Morgan fingerprint density at radius 1 is 1.08 bits per heavy atom. The second-order valence-electron chi connectivity index (χ2n) is 5.01. The first-order chi connectivity index (χ1) is 12.1. The van der Waals surface area contributed by atoms with Crippen LogP contribution in [0.2, 0.25) is 10.0 Å². The van der Waals surface area contributed by atoms with Gasteiger partial charge in [0.15, 0.2) is 0 Å². The molecular weight excluding hydrogens is 409 g/mol. The van der Waals surface area contributed by atoms with Crippen LogP contribution in [0.15, 0.2) is 30.6 Å². The van der Waals surface area contributed by atoms with Gasteiger partial charge in [-0.2, -0.15) is 22.0 Å². The van der Waals surface area contributed by atoms with Crippen molar-refractivity contribution in [3.63, 3.8) is 0 Å². The van der Waals surface area contributed by atoms with Crippen molar-refractivity contribution in [3.8, 4) is 16.9 Å². The van der Waals surface area contributed by atoms with Gasteiger partial charge in [0.1, 0.15) is 22.9 Å². The van der Waals surface area contributed by atoms with E-state index in [0.29, 0.717) is 16.5 Å². The van der Waals surface area contributed by atoms with Gasteiger partial charge >= 0.3 is 12.8 Å². The highest BCUT2D eigenvalue weighted by Gasteiger charge is 2.35. The van der Waals surface area contributed by atoms with Crippen molar-refractivity contribution in [2.75, 3.05) is 0 Å². The fraction of sp³-hybridized carbons (Fsp3) is 0.133. The molecule has 0 N–H and O–H groups in total. The van der Waals surface area contributed by atoms with Gasteiger partial charge in [-0.1, -0.05) is 23.2 Å². The Hall–Kier alpha value is -2.13. The average molecular weight is 415 g/mol. The molecule has 0 bridgehead atoms. The number of rotatable bonds is 3. The summed E-state index contributed by atoms with van der Waals surface area (Å²) >= 11 is 11.6. The zero-order valence-electron chi connectivity index (χ0n) is 12.3. The molecule has 0 unspecified atom stereocenters. The van der Waals surface area contributed by atoms with Gasteiger partial charge in [0.05, 0.1) is 10.0 Å². The number of pyridine rings is 1. The van der Waals surface area contributed by atoms with E-state index in [1.807, 2.05) is 0 Å². The zero-order chi connectivity index (χ0) is 19.2.